The number of nitrogens with zero attached hydrogens (tertiary/aromatic N) is 3. The van der Waals surface area contributed by atoms with Crippen LogP contribution in [0.1, 0.15) is 49.7 Å². The predicted octanol–water partition coefficient (Wildman–Crippen LogP) is 4.58. The third-order valence-corrected chi connectivity index (χ3v) is 7.65. The van der Waals surface area contributed by atoms with Gasteiger partial charge in [0, 0.05) is 37.3 Å². The summed E-state index contributed by atoms with van der Waals surface area (Å²) in [6.07, 6.45) is 5.77. The number of carbonyl (C=O) groups excluding carboxylic acids is 2. The average Bonchev–Trinajstić information content (AvgIpc) is 2.93. The van der Waals surface area contributed by atoms with Crippen LogP contribution in [0.5, 0.6) is 0 Å². The fraction of sp³-hybridized carbons (Fsp3) is 0.483. The van der Waals surface area contributed by atoms with Gasteiger partial charge >= 0.3 is 5.97 Å². The largest absolute Gasteiger partial charge is 0.469 e. The number of esters is 1. The molecule has 2 aromatic rings. The highest BCUT2D eigenvalue weighted by atomic mass is 16.5. The molecule has 0 spiro atoms. The smallest absolute Gasteiger partial charge is 0.308 e. The molecule has 35 heavy (non-hydrogen) atoms. The third kappa shape index (κ3) is 6.22. The van der Waals surface area contributed by atoms with Crippen LogP contribution in [0.15, 0.2) is 54.6 Å². The molecule has 184 valence electrons. The molecule has 0 atom stereocenters. The van der Waals surface area contributed by atoms with Gasteiger partial charge in [0.05, 0.1) is 24.7 Å². The fourth-order valence-electron chi connectivity index (χ4n) is 5.52. The van der Waals surface area contributed by atoms with Gasteiger partial charge in [-0.25, -0.2) is 0 Å². The molecule has 1 saturated heterocycles. The van der Waals surface area contributed by atoms with E-state index in [-0.39, 0.29) is 29.8 Å². The first-order valence-electron chi connectivity index (χ1n) is 12.8. The number of hydrogen-bond acceptors (Lipinski definition) is 5. The number of amides is 1. The van der Waals surface area contributed by atoms with Crippen LogP contribution in [-0.4, -0.2) is 49.6 Å². The molecule has 1 amide bonds. The van der Waals surface area contributed by atoms with Gasteiger partial charge in [0.25, 0.3) is 0 Å². The zero-order chi connectivity index (χ0) is 24.6. The minimum absolute atomic E-state index is 0.0266. The van der Waals surface area contributed by atoms with Crippen LogP contribution in [0.3, 0.4) is 0 Å². The summed E-state index contributed by atoms with van der Waals surface area (Å²) in [5, 5.41) is 9.04. The number of carbonyl (C=O) groups is 2. The van der Waals surface area contributed by atoms with Gasteiger partial charge in [0.2, 0.25) is 5.91 Å². The average molecular weight is 474 g/mol. The molecule has 0 aromatic heterocycles. The first-order valence-corrected chi connectivity index (χ1v) is 12.8. The Morgan fingerprint density at radius 2 is 1.60 bits per heavy atom. The molecule has 1 aliphatic carbocycles. The second-order valence-corrected chi connectivity index (χ2v) is 9.72. The highest BCUT2D eigenvalue weighted by Crippen LogP contribution is 2.31. The molecule has 2 aliphatic rings. The lowest BCUT2D eigenvalue weighted by atomic mass is 9.84. The molecule has 2 aromatic carbocycles. The monoisotopic (exact) mass is 473 g/mol. The first-order chi connectivity index (χ1) is 17.1. The summed E-state index contributed by atoms with van der Waals surface area (Å²) in [5.41, 5.74) is 3.01. The standard InChI is InChI=1S/C29H35N3O3/c1-35-29(34)25-9-13-27(14-10-25)32(20-15-22-5-3-2-4-6-22)28(33)24-16-18-31(19-17-24)26-11-7-23(21-30)8-12-26/h2-8,11-12,24-25,27H,9-10,13-20H2,1H3. The Hall–Kier alpha value is -3.33. The summed E-state index contributed by atoms with van der Waals surface area (Å²) in [4.78, 5) is 30.2. The summed E-state index contributed by atoms with van der Waals surface area (Å²) in [7, 11) is 1.45. The number of benzene rings is 2. The van der Waals surface area contributed by atoms with Crippen LogP contribution in [0.2, 0.25) is 0 Å². The quantitative estimate of drug-likeness (QED) is 0.551. The topological polar surface area (TPSA) is 73.6 Å². The van der Waals surface area contributed by atoms with Crippen LogP contribution < -0.4 is 4.90 Å². The normalized spacial score (nSPS) is 20.6. The van der Waals surface area contributed by atoms with Gasteiger partial charge in [-0.2, -0.15) is 5.26 Å². The Bertz CT molecular complexity index is 1020. The van der Waals surface area contributed by atoms with E-state index in [4.69, 9.17) is 10.00 Å². The Balaban J connectivity index is 1.40. The van der Waals surface area contributed by atoms with Crippen molar-refractivity contribution in [3.8, 4) is 6.07 Å². The summed E-state index contributed by atoms with van der Waals surface area (Å²) in [6, 6.07) is 20.4. The van der Waals surface area contributed by atoms with Crippen molar-refractivity contribution in [1.82, 2.24) is 4.90 Å². The van der Waals surface area contributed by atoms with Crippen LogP contribution in [-0.2, 0) is 20.7 Å². The lowest BCUT2D eigenvalue weighted by Crippen LogP contribution is -2.49. The number of nitriles is 1. The highest BCUT2D eigenvalue weighted by molar-refractivity contribution is 5.80. The van der Waals surface area contributed by atoms with Crippen LogP contribution in [0.25, 0.3) is 0 Å². The minimum atomic E-state index is -0.124. The van der Waals surface area contributed by atoms with Gasteiger partial charge in [-0.05, 0) is 74.8 Å². The maximum atomic E-state index is 13.8. The Kier molecular flexibility index (Phi) is 8.41. The molecule has 0 bridgehead atoms. The number of hydrogen-bond donors (Lipinski definition) is 0. The second-order valence-electron chi connectivity index (χ2n) is 9.72. The number of piperidine rings is 1. The maximum absolute atomic E-state index is 13.8. The summed E-state index contributed by atoms with van der Waals surface area (Å²) >= 11 is 0. The molecule has 1 aliphatic heterocycles. The molecule has 0 radical (unpaired) electrons. The lowest BCUT2D eigenvalue weighted by molar-refractivity contribution is -0.147. The Morgan fingerprint density at radius 1 is 0.943 bits per heavy atom. The van der Waals surface area contributed by atoms with Crippen molar-refractivity contribution < 1.29 is 14.3 Å². The molecule has 4 rings (SSSR count). The van der Waals surface area contributed by atoms with Crippen LogP contribution >= 0.6 is 0 Å². The van der Waals surface area contributed by atoms with Crippen molar-refractivity contribution in [2.24, 2.45) is 11.8 Å². The molecule has 0 unspecified atom stereocenters. The van der Waals surface area contributed by atoms with Gasteiger partial charge in [-0.3, -0.25) is 9.59 Å². The Morgan fingerprint density at radius 3 is 2.20 bits per heavy atom. The van der Waals surface area contributed by atoms with Gasteiger partial charge in [0.15, 0.2) is 0 Å². The zero-order valence-corrected chi connectivity index (χ0v) is 20.6. The molecule has 6 nitrogen and oxygen atoms in total. The Labute approximate surface area is 208 Å². The van der Waals surface area contributed by atoms with E-state index in [1.54, 1.807) is 0 Å². The summed E-state index contributed by atoms with van der Waals surface area (Å²) in [6.45, 7) is 2.39. The van der Waals surface area contributed by atoms with Crippen molar-refractivity contribution in [2.75, 3.05) is 31.6 Å². The second kappa shape index (κ2) is 11.9. The van der Waals surface area contributed by atoms with Crippen molar-refractivity contribution in [2.45, 2.75) is 51.0 Å². The molecule has 1 heterocycles. The molecule has 0 N–H and O–H groups in total. The molecule has 1 saturated carbocycles. The van der Waals surface area contributed by atoms with E-state index >= 15 is 0 Å². The summed E-state index contributed by atoms with van der Waals surface area (Å²) in [5.74, 6) is 0.124. The van der Waals surface area contributed by atoms with Gasteiger partial charge < -0.3 is 14.5 Å². The van der Waals surface area contributed by atoms with E-state index in [0.717, 1.165) is 63.7 Å². The van der Waals surface area contributed by atoms with Crippen LogP contribution in [0.4, 0.5) is 5.69 Å². The number of ether oxygens (including phenoxy) is 1. The fourth-order valence-corrected chi connectivity index (χ4v) is 5.52. The third-order valence-electron chi connectivity index (χ3n) is 7.65. The molecule has 2 fully saturated rings. The SMILES string of the molecule is COC(=O)C1CCC(N(CCc2ccccc2)C(=O)C2CCN(c3ccc(C#N)cc3)CC2)CC1. The van der Waals surface area contributed by atoms with Crippen molar-refractivity contribution in [3.05, 3.63) is 65.7 Å². The number of anilines is 1. The van der Waals surface area contributed by atoms with Crippen molar-refractivity contribution >= 4 is 17.6 Å². The predicted molar refractivity (Wildman–Crippen MR) is 136 cm³/mol. The van der Waals surface area contributed by atoms with E-state index < -0.39 is 0 Å². The van der Waals surface area contributed by atoms with Crippen LogP contribution in [0, 0.1) is 23.2 Å². The zero-order valence-electron chi connectivity index (χ0n) is 20.6. The molecular formula is C29H35N3O3. The molecule has 6 heteroatoms. The summed E-state index contributed by atoms with van der Waals surface area (Å²) < 4.78 is 4.95. The van der Waals surface area contributed by atoms with E-state index in [9.17, 15) is 9.59 Å². The molecular weight excluding hydrogens is 438 g/mol. The first kappa shape index (κ1) is 24.8. The van der Waals surface area contributed by atoms with Gasteiger partial charge in [0.1, 0.15) is 0 Å². The minimum Gasteiger partial charge on any atom is -0.469 e. The van der Waals surface area contributed by atoms with Gasteiger partial charge in [-0.15, -0.1) is 0 Å². The number of methoxy groups -OCH3 is 1. The van der Waals surface area contributed by atoms with E-state index in [1.165, 1.54) is 12.7 Å². The van der Waals surface area contributed by atoms with Crippen molar-refractivity contribution in [1.29, 1.82) is 5.26 Å². The van der Waals surface area contributed by atoms with E-state index in [2.05, 4.69) is 28.0 Å². The number of rotatable bonds is 7. The highest BCUT2D eigenvalue weighted by Gasteiger charge is 2.35. The van der Waals surface area contributed by atoms with E-state index in [1.807, 2.05) is 42.5 Å². The maximum Gasteiger partial charge on any atom is 0.308 e. The lowest BCUT2D eigenvalue weighted by Gasteiger charge is -2.40. The van der Waals surface area contributed by atoms with Crippen molar-refractivity contribution in [3.63, 3.8) is 0 Å². The van der Waals surface area contributed by atoms with Gasteiger partial charge in [-0.1, -0.05) is 30.3 Å². The van der Waals surface area contributed by atoms with E-state index in [0.29, 0.717) is 12.1 Å².